The first kappa shape index (κ1) is 8.74. The van der Waals surface area contributed by atoms with Crippen molar-refractivity contribution in [3.05, 3.63) is 35.3 Å². The summed E-state index contributed by atoms with van der Waals surface area (Å²) in [4.78, 5) is 15.3. The zero-order chi connectivity index (χ0) is 10.3. The van der Waals surface area contributed by atoms with E-state index in [2.05, 4.69) is 4.98 Å². The van der Waals surface area contributed by atoms with Gasteiger partial charge in [0.25, 0.3) is 5.91 Å². The van der Waals surface area contributed by atoms with E-state index in [0.29, 0.717) is 11.2 Å². The molecule has 0 aliphatic rings. The van der Waals surface area contributed by atoms with Gasteiger partial charge in [-0.25, -0.2) is 4.98 Å². The first-order chi connectivity index (χ1) is 6.61. The lowest BCUT2D eigenvalue weighted by Gasteiger charge is -2.04. The summed E-state index contributed by atoms with van der Waals surface area (Å²) in [5, 5.41) is 0. The minimum atomic E-state index is -0.444. The van der Waals surface area contributed by atoms with Gasteiger partial charge in [-0.05, 0) is 26.0 Å². The number of amides is 1. The number of rotatable bonds is 1. The molecule has 2 heterocycles. The number of fused-ring (bicyclic) bond motifs is 1. The van der Waals surface area contributed by atoms with Gasteiger partial charge in [0.15, 0.2) is 0 Å². The molecule has 0 aromatic carbocycles. The van der Waals surface area contributed by atoms with Gasteiger partial charge in [0.1, 0.15) is 5.65 Å². The number of imidazole rings is 1. The fourth-order valence-corrected chi connectivity index (χ4v) is 1.62. The number of primary amides is 1. The van der Waals surface area contributed by atoms with Crippen LogP contribution in [0.15, 0.2) is 18.3 Å². The third kappa shape index (κ3) is 1.08. The molecule has 2 aromatic rings. The average Bonchev–Trinajstić information content (AvgIpc) is 2.49. The number of hydrogen-bond donors (Lipinski definition) is 1. The van der Waals surface area contributed by atoms with E-state index in [-0.39, 0.29) is 0 Å². The maximum absolute atomic E-state index is 11.1. The molecule has 0 fully saturated rings. The average molecular weight is 189 g/mol. The number of hydrogen-bond acceptors (Lipinski definition) is 2. The molecule has 0 radical (unpaired) electrons. The van der Waals surface area contributed by atoms with Crippen LogP contribution < -0.4 is 5.73 Å². The van der Waals surface area contributed by atoms with Crippen LogP contribution in [-0.2, 0) is 0 Å². The highest BCUT2D eigenvalue weighted by Gasteiger charge is 2.10. The first-order valence-electron chi connectivity index (χ1n) is 4.34. The van der Waals surface area contributed by atoms with Crippen LogP contribution in [0.3, 0.4) is 0 Å². The van der Waals surface area contributed by atoms with Gasteiger partial charge < -0.3 is 10.1 Å². The predicted molar refractivity (Wildman–Crippen MR) is 53.2 cm³/mol. The Kier molecular flexibility index (Phi) is 1.77. The molecule has 0 spiro atoms. The maximum atomic E-state index is 11.1. The van der Waals surface area contributed by atoms with Crippen molar-refractivity contribution < 1.29 is 4.79 Å². The van der Waals surface area contributed by atoms with Crippen molar-refractivity contribution in [2.24, 2.45) is 5.73 Å². The Labute approximate surface area is 81.4 Å². The smallest absolute Gasteiger partial charge is 0.252 e. The molecule has 14 heavy (non-hydrogen) atoms. The summed E-state index contributed by atoms with van der Waals surface area (Å²) in [6.45, 7) is 3.91. The summed E-state index contributed by atoms with van der Waals surface area (Å²) in [6, 6.07) is 3.57. The molecule has 2 aromatic heterocycles. The van der Waals surface area contributed by atoms with Crippen LogP contribution in [0.2, 0.25) is 0 Å². The second-order valence-corrected chi connectivity index (χ2v) is 3.31. The molecule has 1 amide bonds. The molecular weight excluding hydrogens is 178 g/mol. The Morgan fingerprint density at radius 3 is 2.71 bits per heavy atom. The lowest BCUT2D eigenvalue weighted by Crippen LogP contribution is -2.13. The van der Waals surface area contributed by atoms with E-state index in [9.17, 15) is 4.79 Å². The van der Waals surface area contributed by atoms with Gasteiger partial charge in [-0.15, -0.1) is 0 Å². The highest BCUT2D eigenvalue weighted by Crippen LogP contribution is 2.14. The van der Waals surface area contributed by atoms with E-state index < -0.39 is 5.91 Å². The Hall–Kier alpha value is -1.84. The summed E-state index contributed by atoms with van der Waals surface area (Å²) in [6.07, 6.45) is 1.73. The molecule has 0 saturated heterocycles. The van der Waals surface area contributed by atoms with Gasteiger partial charge in [-0.1, -0.05) is 0 Å². The Morgan fingerprint density at radius 1 is 1.36 bits per heavy atom. The number of aromatic nitrogens is 2. The van der Waals surface area contributed by atoms with Gasteiger partial charge in [-0.2, -0.15) is 0 Å². The molecule has 2 N–H and O–H groups in total. The normalized spacial score (nSPS) is 10.7. The SMILES string of the molecule is Cc1ccc(C(N)=O)c2ncc(C)n12. The van der Waals surface area contributed by atoms with Crippen molar-refractivity contribution in [3.8, 4) is 0 Å². The van der Waals surface area contributed by atoms with Crippen molar-refractivity contribution in [2.75, 3.05) is 0 Å². The van der Waals surface area contributed by atoms with Gasteiger partial charge in [-0.3, -0.25) is 4.79 Å². The minimum absolute atomic E-state index is 0.444. The molecular formula is C10H11N3O. The summed E-state index contributed by atoms with van der Waals surface area (Å²) in [5.74, 6) is -0.444. The number of nitrogens with zero attached hydrogens (tertiary/aromatic N) is 2. The van der Waals surface area contributed by atoms with Crippen LogP contribution >= 0.6 is 0 Å². The molecule has 0 saturated carbocycles. The molecule has 4 nitrogen and oxygen atoms in total. The van der Waals surface area contributed by atoms with Crippen LogP contribution in [0, 0.1) is 13.8 Å². The summed E-state index contributed by atoms with van der Waals surface area (Å²) >= 11 is 0. The quantitative estimate of drug-likeness (QED) is 0.728. The third-order valence-corrected chi connectivity index (χ3v) is 2.29. The molecule has 0 unspecified atom stereocenters. The topological polar surface area (TPSA) is 60.4 Å². The predicted octanol–water partition coefficient (Wildman–Crippen LogP) is 1.05. The zero-order valence-electron chi connectivity index (χ0n) is 8.11. The highest BCUT2D eigenvalue weighted by molar-refractivity contribution is 5.98. The Morgan fingerprint density at radius 2 is 2.07 bits per heavy atom. The summed E-state index contributed by atoms with van der Waals surface area (Å²) < 4.78 is 1.92. The fourth-order valence-electron chi connectivity index (χ4n) is 1.62. The van der Waals surface area contributed by atoms with Gasteiger partial charge >= 0.3 is 0 Å². The number of pyridine rings is 1. The van der Waals surface area contributed by atoms with Gasteiger partial charge in [0, 0.05) is 17.6 Å². The maximum Gasteiger partial charge on any atom is 0.252 e. The first-order valence-corrected chi connectivity index (χ1v) is 4.34. The van der Waals surface area contributed by atoms with E-state index >= 15 is 0 Å². The molecule has 4 heteroatoms. The molecule has 0 bridgehead atoms. The molecule has 0 aliphatic heterocycles. The van der Waals surface area contributed by atoms with E-state index in [1.54, 1.807) is 12.3 Å². The zero-order valence-corrected chi connectivity index (χ0v) is 8.11. The van der Waals surface area contributed by atoms with E-state index in [0.717, 1.165) is 11.4 Å². The summed E-state index contributed by atoms with van der Waals surface area (Å²) in [7, 11) is 0. The molecule has 0 atom stereocenters. The monoisotopic (exact) mass is 189 g/mol. The van der Waals surface area contributed by atoms with Crippen LogP contribution in [-0.4, -0.2) is 15.3 Å². The number of nitrogens with two attached hydrogens (primary N) is 1. The molecule has 0 aliphatic carbocycles. The van der Waals surface area contributed by atoms with Gasteiger partial charge in [0.05, 0.1) is 5.56 Å². The molecule has 72 valence electrons. The lowest BCUT2D eigenvalue weighted by molar-refractivity contribution is 0.100. The van der Waals surface area contributed by atoms with Crippen molar-refractivity contribution in [1.29, 1.82) is 0 Å². The number of carbonyl (C=O) groups excluding carboxylic acids is 1. The Bertz CT molecular complexity index is 513. The van der Waals surface area contributed by atoms with Crippen molar-refractivity contribution >= 4 is 11.6 Å². The second kappa shape index (κ2) is 2.83. The van der Waals surface area contributed by atoms with Crippen molar-refractivity contribution in [2.45, 2.75) is 13.8 Å². The van der Waals surface area contributed by atoms with E-state index in [4.69, 9.17) is 5.73 Å². The third-order valence-electron chi connectivity index (χ3n) is 2.29. The number of aryl methyl sites for hydroxylation is 2. The molecule has 2 rings (SSSR count). The summed E-state index contributed by atoms with van der Waals surface area (Å²) in [5.41, 5.74) is 8.39. The van der Waals surface area contributed by atoms with Crippen molar-refractivity contribution in [3.63, 3.8) is 0 Å². The fraction of sp³-hybridized carbons (Fsp3) is 0.200. The van der Waals surface area contributed by atoms with Crippen LogP contribution in [0.1, 0.15) is 21.7 Å². The van der Waals surface area contributed by atoms with E-state index in [1.165, 1.54) is 0 Å². The lowest BCUT2D eigenvalue weighted by atomic mass is 10.2. The second-order valence-electron chi connectivity index (χ2n) is 3.31. The van der Waals surface area contributed by atoms with Gasteiger partial charge in [0.2, 0.25) is 0 Å². The van der Waals surface area contributed by atoms with Crippen LogP contribution in [0.5, 0.6) is 0 Å². The Balaban J connectivity index is 2.90. The van der Waals surface area contributed by atoms with E-state index in [1.807, 2.05) is 24.3 Å². The minimum Gasteiger partial charge on any atom is -0.365 e. The van der Waals surface area contributed by atoms with Crippen molar-refractivity contribution in [1.82, 2.24) is 9.38 Å². The highest BCUT2D eigenvalue weighted by atomic mass is 16.1. The van der Waals surface area contributed by atoms with Crippen LogP contribution in [0.25, 0.3) is 5.65 Å². The largest absolute Gasteiger partial charge is 0.365 e. The number of carbonyl (C=O) groups is 1. The standard InChI is InChI=1S/C10H11N3O/c1-6-3-4-8(9(11)14)10-12-5-7(2)13(6)10/h3-5H,1-2H3,(H2,11,14). The van der Waals surface area contributed by atoms with Crippen LogP contribution in [0.4, 0.5) is 0 Å².